The zero-order valence-electron chi connectivity index (χ0n) is 10.9. The van der Waals surface area contributed by atoms with E-state index in [1.807, 2.05) is 6.07 Å². The van der Waals surface area contributed by atoms with Crippen LogP contribution in [0.1, 0.15) is 49.9 Å². The van der Waals surface area contributed by atoms with Crippen LogP contribution in [0.5, 0.6) is 0 Å². The average molecular weight is 266 g/mol. The summed E-state index contributed by atoms with van der Waals surface area (Å²) in [5, 5.41) is 8.58. The normalized spacial score (nSPS) is 16.5. The Morgan fingerprint density at radius 2 is 2.39 bits per heavy atom. The molecule has 0 bridgehead atoms. The highest BCUT2D eigenvalue weighted by molar-refractivity contribution is 7.10. The topological polar surface area (TPSA) is 41.1 Å². The number of hydrogen-bond donors (Lipinski definition) is 2. The van der Waals surface area contributed by atoms with Crippen LogP contribution < -0.4 is 10.6 Å². The smallest absolute Gasteiger partial charge is 0.221 e. The van der Waals surface area contributed by atoms with Crippen molar-refractivity contribution >= 4 is 17.2 Å². The maximum atomic E-state index is 11.9. The molecule has 1 aliphatic carbocycles. The zero-order valence-corrected chi connectivity index (χ0v) is 11.8. The molecule has 1 aliphatic rings. The Labute approximate surface area is 113 Å². The van der Waals surface area contributed by atoms with Crippen LogP contribution >= 0.6 is 11.3 Å². The number of nitrogens with one attached hydrogen (secondary N) is 2. The summed E-state index contributed by atoms with van der Waals surface area (Å²) in [6, 6.07) is 5.03. The Balaban J connectivity index is 1.74. The molecule has 0 saturated heterocycles. The van der Waals surface area contributed by atoms with E-state index in [2.05, 4.69) is 29.0 Å². The van der Waals surface area contributed by atoms with Gasteiger partial charge in [-0.3, -0.25) is 4.79 Å². The fourth-order valence-corrected chi connectivity index (χ4v) is 2.82. The number of amides is 1. The molecule has 18 heavy (non-hydrogen) atoms. The van der Waals surface area contributed by atoms with Gasteiger partial charge in [-0.2, -0.15) is 0 Å². The summed E-state index contributed by atoms with van der Waals surface area (Å²) in [6.45, 7) is 2.96. The van der Waals surface area contributed by atoms with Gasteiger partial charge in [-0.1, -0.05) is 19.4 Å². The lowest BCUT2D eigenvalue weighted by Crippen LogP contribution is -2.31. The van der Waals surface area contributed by atoms with Crippen LogP contribution in [0.15, 0.2) is 17.5 Å². The van der Waals surface area contributed by atoms with Crippen molar-refractivity contribution in [2.45, 2.75) is 51.1 Å². The van der Waals surface area contributed by atoms with Crippen LogP contribution in [0.3, 0.4) is 0 Å². The molecular weight excluding hydrogens is 244 g/mol. The first-order valence-electron chi connectivity index (χ1n) is 6.85. The Morgan fingerprint density at radius 1 is 1.56 bits per heavy atom. The van der Waals surface area contributed by atoms with E-state index in [1.54, 1.807) is 11.3 Å². The Hall–Kier alpha value is -0.870. The highest BCUT2D eigenvalue weighted by Gasteiger charge is 2.20. The van der Waals surface area contributed by atoms with Crippen molar-refractivity contribution < 1.29 is 4.79 Å². The van der Waals surface area contributed by atoms with Crippen molar-refractivity contribution in [1.82, 2.24) is 10.6 Å². The average Bonchev–Trinajstić information content (AvgIpc) is 3.01. The maximum absolute atomic E-state index is 11.9. The molecular formula is C14H22N2OS. The standard InChI is InChI=1S/C14H22N2OS/c1-2-4-12(13-5-3-10-18-13)16-14(17)8-9-15-11-6-7-11/h3,5,10-12,15H,2,4,6-9H2,1H3,(H,16,17). The number of carbonyl (C=O) groups is 1. The van der Waals surface area contributed by atoms with E-state index in [0.29, 0.717) is 12.5 Å². The van der Waals surface area contributed by atoms with Crippen LogP contribution in [-0.2, 0) is 4.79 Å². The van der Waals surface area contributed by atoms with E-state index < -0.39 is 0 Å². The minimum Gasteiger partial charge on any atom is -0.348 e. The number of hydrogen-bond acceptors (Lipinski definition) is 3. The van der Waals surface area contributed by atoms with Crippen molar-refractivity contribution in [1.29, 1.82) is 0 Å². The van der Waals surface area contributed by atoms with Crippen molar-refractivity contribution in [2.24, 2.45) is 0 Å². The van der Waals surface area contributed by atoms with Crippen molar-refractivity contribution in [3.63, 3.8) is 0 Å². The van der Waals surface area contributed by atoms with Gasteiger partial charge < -0.3 is 10.6 Å². The molecule has 1 atom stereocenters. The third-order valence-corrected chi connectivity index (χ3v) is 4.15. The minimum atomic E-state index is 0.162. The molecule has 1 amide bonds. The first-order chi connectivity index (χ1) is 8.79. The van der Waals surface area contributed by atoms with Gasteiger partial charge in [0, 0.05) is 23.9 Å². The van der Waals surface area contributed by atoms with Crippen molar-refractivity contribution in [3.8, 4) is 0 Å². The van der Waals surface area contributed by atoms with E-state index in [-0.39, 0.29) is 11.9 Å². The van der Waals surface area contributed by atoms with Gasteiger partial charge in [0.25, 0.3) is 0 Å². The molecule has 4 heteroatoms. The molecule has 0 radical (unpaired) electrons. The molecule has 2 rings (SSSR count). The predicted molar refractivity (Wildman–Crippen MR) is 75.8 cm³/mol. The molecule has 2 N–H and O–H groups in total. The van der Waals surface area contributed by atoms with Gasteiger partial charge in [0.05, 0.1) is 6.04 Å². The van der Waals surface area contributed by atoms with E-state index >= 15 is 0 Å². The predicted octanol–water partition coefficient (Wildman–Crippen LogP) is 2.85. The van der Waals surface area contributed by atoms with Gasteiger partial charge in [0.15, 0.2) is 0 Å². The third-order valence-electron chi connectivity index (χ3n) is 3.16. The summed E-state index contributed by atoms with van der Waals surface area (Å²) in [6.07, 6.45) is 5.23. The lowest BCUT2D eigenvalue weighted by molar-refractivity contribution is -0.121. The largest absolute Gasteiger partial charge is 0.348 e. The first kappa shape index (κ1) is 13.6. The molecule has 1 aromatic heterocycles. The summed E-state index contributed by atoms with van der Waals surface area (Å²) >= 11 is 1.72. The molecule has 0 spiro atoms. The molecule has 1 fully saturated rings. The number of carbonyl (C=O) groups excluding carboxylic acids is 1. The second-order valence-electron chi connectivity index (χ2n) is 4.90. The monoisotopic (exact) mass is 266 g/mol. The first-order valence-corrected chi connectivity index (χ1v) is 7.73. The fraction of sp³-hybridized carbons (Fsp3) is 0.643. The quantitative estimate of drug-likeness (QED) is 0.759. The lowest BCUT2D eigenvalue weighted by atomic mass is 10.1. The number of thiophene rings is 1. The van der Waals surface area contributed by atoms with Crippen LogP contribution in [0, 0.1) is 0 Å². The summed E-state index contributed by atoms with van der Waals surface area (Å²) in [7, 11) is 0. The third kappa shape index (κ3) is 4.42. The van der Waals surface area contributed by atoms with Gasteiger partial charge >= 0.3 is 0 Å². The molecule has 1 heterocycles. The van der Waals surface area contributed by atoms with Crippen LogP contribution in [0.2, 0.25) is 0 Å². The van der Waals surface area contributed by atoms with E-state index in [0.717, 1.165) is 19.4 Å². The van der Waals surface area contributed by atoms with Gasteiger partial charge in [-0.25, -0.2) is 0 Å². The van der Waals surface area contributed by atoms with Gasteiger partial charge in [0.1, 0.15) is 0 Å². The van der Waals surface area contributed by atoms with Gasteiger partial charge in [-0.05, 0) is 30.7 Å². The molecule has 0 aliphatic heterocycles. The molecule has 3 nitrogen and oxygen atoms in total. The SMILES string of the molecule is CCCC(NC(=O)CCNC1CC1)c1cccs1. The van der Waals surface area contributed by atoms with Gasteiger partial charge in [0.2, 0.25) is 5.91 Å². The highest BCUT2D eigenvalue weighted by atomic mass is 32.1. The second kappa shape index (κ2) is 6.90. The molecule has 1 saturated carbocycles. The lowest BCUT2D eigenvalue weighted by Gasteiger charge is -2.16. The van der Waals surface area contributed by atoms with E-state index in [4.69, 9.17) is 0 Å². The van der Waals surface area contributed by atoms with Crippen molar-refractivity contribution in [3.05, 3.63) is 22.4 Å². The molecule has 0 aromatic carbocycles. The number of rotatable bonds is 8. The Bertz CT molecular complexity index is 360. The van der Waals surface area contributed by atoms with E-state index in [9.17, 15) is 4.79 Å². The highest BCUT2D eigenvalue weighted by Crippen LogP contribution is 2.23. The zero-order chi connectivity index (χ0) is 12.8. The summed E-state index contributed by atoms with van der Waals surface area (Å²) < 4.78 is 0. The Morgan fingerprint density at radius 3 is 3.00 bits per heavy atom. The minimum absolute atomic E-state index is 0.162. The molecule has 100 valence electrons. The van der Waals surface area contributed by atoms with Crippen molar-refractivity contribution in [2.75, 3.05) is 6.54 Å². The van der Waals surface area contributed by atoms with Gasteiger partial charge in [-0.15, -0.1) is 11.3 Å². The molecule has 1 aromatic rings. The summed E-state index contributed by atoms with van der Waals surface area (Å²) in [5.41, 5.74) is 0. The van der Waals surface area contributed by atoms with Crippen LogP contribution in [0.4, 0.5) is 0 Å². The van der Waals surface area contributed by atoms with Crippen LogP contribution in [0.25, 0.3) is 0 Å². The van der Waals surface area contributed by atoms with E-state index in [1.165, 1.54) is 17.7 Å². The fourth-order valence-electron chi connectivity index (χ4n) is 2.01. The summed E-state index contributed by atoms with van der Waals surface area (Å²) in [5.74, 6) is 0.162. The molecule has 1 unspecified atom stereocenters. The maximum Gasteiger partial charge on any atom is 0.221 e. The Kier molecular flexibility index (Phi) is 5.20. The second-order valence-corrected chi connectivity index (χ2v) is 5.88. The van der Waals surface area contributed by atoms with Crippen LogP contribution in [-0.4, -0.2) is 18.5 Å². The summed E-state index contributed by atoms with van der Waals surface area (Å²) in [4.78, 5) is 13.1.